The molecule has 3 rings (SSSR count). The van der Waals surface area contributed by atoms with Crippen LogP contribution in [-0.4, -0.2) is 43.2 Å². The number of methoxy groups -OCH3 is 1. The monoisotopic (exact) mass is 458 g/mol. The van der Waals surface area contributed by atoms with Crippen molar-refractivity contribution in [3.05, 3.63) is 45.1 Å². The van der Waals surface area contributed by atoms with Crippen LogP contribution in [0.5, 0.6) is 11.5 Å². The fourth-order valence-corrected chi connectivity index (χ4v) is 6.08. The number of phenolic OH excluding ortho intramolecular Hbond substituents is 1. The Hall–Kier alpha value is -2.01. The van der Waals surface area contributed by atoms with Crippen LogP contribution in [-0.2, 0) is 14.8 Å². The predicted molar refractivity (Wildman–Crippen MR) is 112 cm³/mol. The number of halogens is 1. The number of ether oxygens (including phenoxy) is 1. The number of carbonyl (C=O) groups is 1. The molecule has 2 aromatic rings. The summed E-state index contributed by atoms with van der Waals surface area (Å²) in [4.78, 5) is 14.3. The standard InChI is InChI=1S/C17H15ClN2O5S3/c1-3-20-16(22)13(9-10-4-5-11(21)12(8-10)25-2)26-17(20)19-28(23,24)15-7-6-14(18)27-15/h4-9,21H,3H2,1-2H3/b13-9-,19-17+. The molecule has 1 fully saturated rings. The molecular formula is C17H15ClN2O5S3. The Labute approximate surface area is 175 Å². The van der Waals surface area contributed by atoms with Crippen molar-refractivity contribution in [2.24, 2.45) is 4.40 Å². The Bertz CT molecular complexity index is 1090. The van der Waals surface area contributed by atoms with Gasteiger partial charge in [-0.05, 0) is 54.6 Å². The number of likely N-dealkylation sites (N-methyl/N-ethyl adjacent to an activating group) is 1. The van der Waals surface area contributed by atoms with E-state index < -0.39 is 10.0 Å². The lowest BCUT2D eigenvalue weighted by molar-refractivity contribution is -0.122. The smallest absolute Gasteiger partial charge is 0.294 e. The first-order chi connectivity index (χ1) is 13.2. The van der Waals surface area contributed by atoms with Crippen molar-refractivity contribution in [1.82, 2.24) is 4.90 Å². The number of phenols is 1. The Kier molecular flexibility index (Phi) is 6.04. The van der Waals surface area contributed by atoms with E-state index in [1.165, 1.54) is 30.2 Å². The van der Waals surface area contributed by atoms with Crippen molar-refractivity contribution in [3.8, 4) is 11.5 Å². The van der Waals surface area contributed by atoms with Gasteiger partial charge in [0.2, 0.25) is 0 Å². The summed E-state index contributed by atoms with van der Waals surface area (Å²) in [5, 5.41) is 9.77. The highest BCUT2D eigenvalue weighted by molar-refractivity contribution is 8.19. The molecule has 2 heterocycles. The largest absolute Gasteiger partial charge is 0.504 e. The van der Waals surface area contributed by atoms with E-state index in [-0.39, 0.29) is 33.3 Å². The van der Waals surface area contributed by atoms with E-state index in [4.69, 9.17) is 16.3 Å². The maximum absolute atomic E-state index is 12.7. The summed E-state index contributed by atoms with van der Waals surface area (Å²) in [7, 11) is -2.55. The molecule has 28 heavy (non-hydrogen) atoms. The zero-order valence-corrected chi connectivity index (χ0v) is 18.0. The van der Waals surface area contributed by atoms with Gasteiger partial charge in [0, 0.05) is 6.54 Å². The quantitative estimate of drug-likeness (QED) is 0.684. The second kappa shape index (κ2) is 8.16. The molecule has 1 saturated heterocycles. The van der Waals surface area contributed by atoms with Crippen LogP contribution in [0.2, 0.25) is 4.34 Å². The number of amides is 1. The number of amidine groups is 1. The van der Waals surface area contributed by atoms with E-state index in [1.807, 2.05) is 0 Å². The minimum Gasteiger partial charge on any atom is -0.504 e. The average molecular weight is 459 g/mol. The van der Waals surface area contributed by atoms with Crippen molar-refractivity contribution < 1.29 is 23.1 Å². The third kappa shape index (κ3) is 4.19. The second-order valence-corrected chi connectivity index (χ2v) is 10.1. The van der Waals surface area contributed by atoms with Crippen LogP contribution in [0.3, 0.4) is 0 Å². The molecule has 0 bridgehead atoms. The summed E-state index contributed by atoms with van der Waals surface area (Å²) in [5.41, 5.74) is 0.621. The molecule has 1 N–H and O–H groups in total. The Morgan fingerprint density at radius 2 is 2.07 bits per heavy atom. The van der Waals surface area contributed by atoms with Gasteiger partial charge < -0.3 is 9.84 Å². The summed E-state index contributed by atoms with van der Waals surface area (Å²) in [5.74, 6) is -0.103. The molecule has 1 amide bonds. The molecule has 0 atom stereocenters. The van der Waals surface area contributed by atoms with E-state index in [0.29, 0.717) is 14.8 Å². The molecule has 0 spiro atoms. The highest BCUT2D eigenvalue weighted by Gasteiger charge is 2.34. The highest BCUT2D eigenvalue weighted by Crippen LogP contribution is 2.36. The number of thioether (sulfide) groups is 1. The number of sulfonamides is 1. The van der Waals surface area contributed by atoms with Crippen molar-refractivity contribution in [2.45, 2.75) is 11.1 Å². The topological polar surface area (TPSA) is 96.3 Å². The molecular weight excluding hydrogens is 444 g/mol. The van der Waals surface area contributed by atoms with Crippen LogP contribution < -0.4 is 4.74 Å². The number of nitrogens with zero attached hydrogens (tertiary/aromatic N) is 2. The van der Waals surface area contributed by atoms with E-state index in [9.17, 15) is 18.3 Å². The first kappa shape index (κ1) is 20.7. The van der Waals surface area contributed by atoms with Crippen molar-refractivity contribution in [1.29, 1.82) is 0 Å². The molecule has 1 aromatic carbocycles. The molecule has 0 unspecified atom stereocenters. The van der Waals surface area contributed by atoms with Crippen LogP contribution >= 0.6 is 34.7 Å². The van der Waals surface area contributed by atoms with Crippen molar-refractivity contribution in [2.75, 3.05) is 13.7 Å². The number of aromatic hydroxyl groups is 1. The fourth-order valence-electron chi connectivity index (χ4n) is 2.37. The van der Waals surface area contributed by atoms with Gasteiger partial charge in [-0.3, -0.25) is 9.69 Å². The Morgan fingerprint density at radius 1 is 1.32 bits per heavy atom. The molecule has 148 valence electrons. The van der Waals surface area contributed by atoms with Gasteiger partial charge in [-0.2, -0.15) is 8.42 Å². The summed E-state index contributed by atoms with van der Waals surface area (Å²) in [6.45, 7) is 2.00. The van der Waals surface area contributed by atoms with Crippen LogP contribution in [0.25, 0.3) is 6.08 Å². The lowest BCUT2D eigenvalue weighted by atomic mass is 10.2. The van der Waals surface area contributed by atoms with E-state index in [2.05, 4.69) is 4.40 Å². The summed E-state index contributed by atoms with van der Waals surface area (Å²) >= 11 is 7.68. The maximum Gasteiger partial charge on any atom is 0.294 e. The molecule has 1 aliphatic rings. The molecule has 0 saturated carbocycles. The molecule has 0 aliphatic carbocycles. The SMILES string of the molecule is CCN1C(=O)/C(=C/c2ccc(O)c(OC)c2)S/C1=N/S(=O)(=O)c1ccc(Cl)s1. The third-order valence-electron chi connectivity index (χ3n) is 3.71. The van der Waals surface area contributed by atoms with Gasteiger partial charge in [-0.25, -0.2) is 0 Å². The van der Waals surface area contributed by atoms with Crippen LogP contribution in [0.1, 0.15) is 12.5 Å². The van der Waals surface area contributed by atoms with Gasteiger partial charge in [0.05, 0.1) is 16.4 Å². The Morgan fingerprint density at radius 3 is 2.68 bits per heavy atom. The average Bonchev–Trinajstić information content (AvgIpc) is 3.20. The minimum absolute atomic E-state index is 0.00908. The molecule has 7 nitrogen and oxygen atoms in total. The Balaban J connectivity index is 1.97. The molecule has 1 aromatic heterocycles. The zero-order chi connectivity index (χ0) is 20.5. The number of carbonyl (C=O) groups excluding carboxylic acids is 1. The number of hydrogen-bond donors (Lipinski definition) is 1. The number of rotatable bonds is 5. The summed E-state index contributed by atoms with van der Waals surface area (Å²) < 4.78 is 34.3. The van der Waals surface area contributed by atoms with E-state index in [0.717, 1.165) is 23.1 Å². The van der Waals surface area contributed by atoms with Gasteiger partial charge in [0.1, 0.15) is 4.21 Å². The second-order valence-electron chi connectivity index (χ2n) is 5.50. The normalized spacial score (nSPS) is 17.7. The maximum atomic E-state index is 12.7. The zero-order valence-electron chi connectivity index (χ0n) is 14.7. The fraction of sp³-hybridized carbons (Fsp3) is 0.176. The van der Waals surface area contributed by atoms with E-state index in [1.54, 1.807) is 25.1 Å². The van der Waals surface area contributed by atoms with Gasteiger partial charge >= 0.3 is 0 Å². The van der Waals surface area contributed by atoms with Crippen LogP contribution in [0.15, 0.2) is 43.8 Å². The van der Waals surface area contributed by atoms with Crippen LogP contribution in [0.4, 0.5) is 0 Å². The van der Waals surface area contributed by atoms with Gasteiger partial charge in [0.15, 0.2) is 16.7 Å². The number of benzene rings is 1. The number of hydrogen-bond acceptors (Lipinski definition) is 7. The molecule has 0 radical (unpaired) electrons. The van der Waals surface area contributed by atoms with Gasteiger partial charge in [0.25, 0.3) is 15.9 Å². The lowest BCUT2D eigenvalue weighted by Gasteiger charge is -2.11. The third-order valence-corrected chi connectivity index (χ3v) is 7.79. The first-order valence-electron chi connectivity index (χ1n) is 7.94. The van der Waals surface area contributed by atoms with Crippen molar-refractivity contribution >= 4 is 61.9 Å². The first-order valence-corrected chi connectivity index (χ1v) is 11.4. The van der Waals surface area contributed by atoms with Gasteiger partial charge in [-0.1, -0.05) is 17.7 Å². The summed E-state index contributed by atoms with van der Waals surface area (Å²) in [6, 6.07) is 7.50. The van der Waals surface area contributed by atoms with Crippen molar-refractivity contribution in [3.63, 3.8) is 0 Å². The van der Waals surface area contributed by atoms with Crippen LogP contribution in [0, 0.1) is 0 Å². The minimum atomic E-state index is -3.97. The highest BCUT2D eigenvalue weighted by atomic mass is 35.5. The molecule has 11 heteroatoms. The summed E-state index contributed by atoms with van der Waals surface area (Å²) in [6.07, 6.45) is 1.59. The molecule has 1 aliphatic heterocycles. The lowest BCUT2D eigenvalue weighted by Crippen LogP contribution is -2.29. The van der Waals surface area contributed by atoms with E-state index >= 15 is 0 Å². The van der Waals surface area contributed by atoms with Gasteiger partial charge in [-0.15, -0.1) is 15.7 Å². The number of thiophene rings is 1. The predicted octanol–water partition coefficient (Wildman–Crippen LogP) is 3.80.